The minimum Gasteiger partial charge on any atom is -0.465 e. The summed E-state index contributed by atoms with van der Waals surface area (Å²) in [5.41, 5.74) is 0.506. The predicted molar refractivity (Wildman–Crippen MR) is 70.1 cm³/mol. The highest BCUT2D eigenvalue weighted by molar-refractivity contribution is 5.90. The molecule has 0 saturated carbocycles. The molecule has 0 aromatic carbocycles. The molecule has 0 aliphatic carbocycles. The van der Waals surface area contributed by atoms with Crippen molar-refractivity contribution in [2.45, 2.75) is 39.5 Å². The highest BCUT2D eigenvalue weighted by atomic mass is 16.5. The van der Waals surface area contributed by atoms with Gasteiger partial charge in [0.25, 0.3) is 0 Å². The predicted octanol–water partition coefficient (Wildman–Crippen LogP) is 1.98. The van der Waals surface area contributed by atoms with Crippen molar-refractivity contribution in [2.75, 3.05) is 20.2 Å². The Balaban J connectivity index is 2.05. The van der Waals surface area contributed by atoms with Crippen molar-refractivity contribution >= 4 is 5.97 Å². The standard InChI is InChI=1S/C14H21NO4/c1-9-6-15(7-10(2)18-9)8-12-5-13(11(3)19-12)14(16)17-4/h5,9-10H,6-8H2,1-4H3. The Morgan fingerprint density at radius 1 is 1.42 bits per heavy atom. The largest absolute Gasteiger partial charge is 0.465 e. The van der Waals surface area contributed by atoms with Crippen LogP contribution in [-0.2, 0) is 16.0 Å². The summed E-state index contributed by atoms with van der Waals surface area (Å²) in [6.07, 6.45) is 0.444. The maximum absolute atomic E-state index is 11.5. The number of nitrogens with zero attached hydrogens (tertiary/aromatic N) is 1. The summed E-state index contributed by atoms with van der Waals surface area (Å²) in [6.45, 7) is 8.34. The van der Waals surface area contributed by atoms with Gasteiger partial charge in [0.1, 0.15) is 17.1 Å². The van der Waals surface area contributed by atoms with Gasteiger partial charge in [-0.3, -0.25) is 4.90 Å². The molecule has 0 N–H and O–H groups in total. The maximum atomic E-state index is 11.5. The summed E-state index contributed by atoms with van der Waals surface area (Å²) in [5.74, 6) is 1.05. The molecule has 2 unspecified atom stereocenters. The number of carbonyl (C=O) groups excluding carboxylic acids is 1. The lowest BCUT2D eigenvalue weighted by Crippen LogP contribution is -2.44. The molecule has 0 spiro atoms. The summed E-state index contributed by atoms with van der Waals surface area (Å²) >= 11 is 0. The first-order valence-electron chi connectivity index (χ1n) is 6.55. The maximum Gasteiger partial charge on any atom is 0.341 e. The average Bonchev–Trinajstić information content (AvgIpc) is 2.68. The second kappa shape index (κ2) is 5.75. The molecule has 0 radical (unpaired) electrons. The van der Waals surface area contributed by atoms with Crippen LogP contribution in [0.1, 0.15) is 35.7 Å². The number of esters is 1. The van der Waals surface area contributed by atoms with Crippen LogP contribution in [0.15, 0.2) is 10.5 Å². The molecule has 0 bridgehead atoms. The topological polar surface area (TPSA) is 51.9 Å². The molecule has 1 aliphatic heterocycles. The summed E-state index contributed by atoms with van der Waals surface area (Å²) in [5, 5.41) is 0. The Morgan fingerprint density at radius 2 is 2.05 bits per heavy atom. The number of hydrogen-bond donors (Lipinski definition) is 0. The van der Waals surface area contributed by atoms with Crippen LogP contribution in [0, 0.1) is 6.92 Å². The van der Waals surface area contributed by atoms with E-state index < -0.39 is 0 Å². The van der Waals surface area contributed by atoms with Crippen molar-refractivity contribution in [1.29, 1.82) is 0 Å². The van der Waals surface area contributed by atoms with Crippen molar-refractivity contribution in [1.82, 2.24) is 4.90 Å². The second-order valence-corrected chi connectivity index (χ2v) is 5.13. The van der Waals surface area contributed by atoms with E-state index in [4.69, 9.17) is 13.9 Å². The molecule has 5 nitrogen and oxygen atoms in total. The molecule has 2 rings (SSSR count). The molecule has 2 atom stereocenters. The van der Waals surface area contributed by atoms with Crippen molar-refractivity contribution in [3.05, 3.63) is 23.2 Å². The van der Waals surface area contributed by atoms with E-state index in [1.54, 1.807) is 13.0 Å². The Bertz CT molecular complexity index is 444. The normalized spacial score (nSPS) is 24.4. The Hall–Kier alpha value is -1.33. The third-order valence-corrected chi connectivity index (χ3v) is 3.25. The van der Waals surface area contributed by atoms with Crippen LogP contribution >= 0.6 is 0 Å². The summed E-state index contributed by atoms with van der Waals surface area (Å²) < 4.78 is 16.0. The van der Waals surface area contributed by atoms with Crippen LogP contribution in [0.25, 0.3) is 0 Å². The van der Waals surface area contributed by atoms with E-state index in [0.717, 1.165) is 18.8 Å². The molecule has 19 heavy (non-hydrogen) atoms. The third kappa shape index (κ3) is 3.36. The van der Waals surface area contributed by atoms with Gasteiger partial charge in [0.2, 0.25) is 0 Å². The van der Waals surface area contributed by atoms with Crippen molar-refractivity contribution in [3.8, 4) is 0 Å². The van der Waals surface area contributed by atoms with E-state index >= 15 is 0 Å². The number of carbonyl (C=O) groups is 1. The van der Waals surface area contributed by atoms with Gasteiger partial charge in [0, 0.05) is 13.1 Å². The van der Waals surface area contributed by atoms with Crippen molar-refractivity contribution in [2.24, 2.45) is 0 Å². The number of morpholine rings is 1. The smallest absolute Gasteiger partial charge is 0.341 e. The van der Waals surface area contributed by atoms with Gasteiger partial charge in [0.05, 0.1) is 25.9 Å². The lowest BCUT2D eigenvalue weighted by molar-refractivity contribution is -0.0718. The van der Waals surface area contributed by atoms with Crippen LogP contribution in [0.5, 0.6) is 0 Å². The van der Waals surface area contributed by atoms with Crippen LogP contribution < -0.4 is 0 Å². The Kier molecular flexibility index (Phi) is 4.27. The fourth-order valence-corrected chi connectivity index (χ4v) is 2.57. The first-order chi connectivity index (χ1) is 8.99. The zero-order valence-electron chi connectivity index (χ0n) is 11.9. The fraction of sp³-hybridized carbons (Fsp3) is 0.643. The number of rotatable bonds is 3. The van der Waals surface area contributed by atoms with Gasteiger partial charge in [0.15, 0.2) is 0 Å². The van der Waals surface area contributed by atoms with Gasteiger partial charge in [-0.25, -0.2) is 4.79 Å². The highest BCUT2D eigenvalue weighted by Gasteiger charge is 2.24. The summed E-state index contributed by atoms with van der Waals surface area (Å²) in [6, 6.07) is 1.77. The molecule has 1 fully saturated rings. The van der Waals surface area contributed by atoms with Crippen LogP contribution in [0.2, 0.25) is 0 Å². The van der Waals surface area contributed by atoms with E-state index in [1.807, 2.05) is 0 Å². The summed E-state index contributed by atoms with van der Waals surface area (Å²) in [4.78, 5) is 13.8. The molecule has 0 amide bonds. The second-order valence-electron chi connectivity index (χ2n) is 5.13. The molecule has 1 saturated heterocycles. The molecular formula is C14H21NO4. The van der Waals surface area contributed by atoms with Crippen LogP contribution in [-0.4, -0.2) is 43.3 Å². The van der Waals surface area contributed by atoms with E-state index in [0.29, 0.717) is 17.9 Å². The zero-order chi connectivity index (χ0) is 14.0. The lowest BCUT2D eigenvalue weighted by atomic mass is 10.2. The van der Waals surface area contributed by atoms with Gasteiger partial charge < -0.3 is 13.9 Å². The number of aryl methyl sites for hydroxylation is 1. The first-order valence-corrected chi connectivity index (χ1v) is 6.55. The SMILES string of the molecule is COC(=O)c1cc(CN2CC(C)OC(C)C2)oc1C. The number of hydrogen-bond acceptors (Lipinski definition) is 5. The minimum absolute atomic E-state index is 0.222. The zero-order valence-corrected chi connectivity index (χ0v) is 11.9. The lowest BCUT2D eigenvalue weighted by Gasteiger charge is -2.34. The molecular weight excluding hydrogens is 246 g/mol. The number of furan rings is 1. The van der Waals surface area contributed by atoms with Gasteiger partial charge in [-0.05, 0) is 26.8 Å². The number of methoxy groups -OCH3 is 1. The van der Waals surface area contributed by atoms with Crippen LogP contribution in [0.3, 0.4) is 0 Å². The average molecular weight is 267 g/mol. The van der Waals surface area contributed by atoms with Gasteiger partial charge in [-0.15, -0.1) is 0 Å². The Morgan fingerprint density at radius 3 is 2.63 bits per heavy atom. The van der Waals surface area contributed by atoms with Gasteiger partial charge >= 0.3 is 5.97 Å². The Labute approximate surface area is 113 Å². The third-order valence-electron chi connectivity index (χ3n) is 3.25. The van der Waals surface area contributed by atoms with Gasteiger partial charge in [-0.2, -0.15) is 0 Å². The monoisotopic (exact) mass is 267 g/mol. The van der Waals surface area contributed by atoms with Crippen LogP contribution in [0.4, 0.5) is 0 Å². The molecule has 2 heterocycles. The molecule has 106 valence electrons. The van der Waals surface area contributed by atoms with Crippen molar-refractivity contribution < 1.29 is 18.7 Å². The number of ether oxygens (including phenoxy) is 2. The van der Waals surface area contributed by atoms with E-state index in [9.17, 15) is 4.79 Å². The molecule has 1 aromatic heterocycles. The van der Waals surface area contributed by atoms with E-state index in [1.165, 1.54) is 7.11 Å². The van der Waals surface area contributed by atoms with Gasteiger partial charge in [-0.1, -0.05) is 0 Å². The first kappa shape index (κ1) is 14.1. The van der Waals surface area contributed by atoms with Crippen molar-refractivity contribution in [3.63, 3.8) is 0 Å². The summed E-state index contributed by atoms with van der Waals surface area (Å²) in [7, 11) is 1.37. The molecule has 1 aromatic rings. The van der Waals surface area contributed by atoms with E-state index in [2.05, 4.69) is 18.7 Å². The highest BCUT2D eigenvalue weighted by Crippen LogP contribution is 2.19. The molecule has 5 heteroatoms. The molecule has 1 aliphatic rings. The van der Waals surface area contributed by atoms with E-state index in [-0.39, 0.29) is 18.2 Å². The minimum atomic E-state index is -0.351. The fourth-order valence-electron chi connectivity index (χ4n) is 2.57. The quantitative estimate of drug-likeness (QED) is 0.784.